The van der Waals surface area contributed by atoms with Crippen molar-refractivity contribution in [1.29, 1.82) is 5.26 Å². The average Bonchev–Trinajstić information content (AvgIpc) is 2.98. The molecular weight excluding hydrogens is 366 g/mol. The van der Waals surface area contributed by atoms with Crippen LogP contribution >= 0.6 is 11.3 Å². The standard InChI is InChI=1S/C23H23N3OS/c1-5-16-11-17(8-7-14(16)3)26-23-19(12-24)20(25)22(28-23)21(27)18-9-6-13(2)10-15(18)4/h6-11,26H,5,25H2,1-4H3. The van der Waals surface area contributed by atoms with Crippen LogP contribution in [-0.4, -0.2) is 5.78 Å². The number of hydrogen-bond donors (Lipinski definition) is 2. The average molecular weight is 390 g/mol. The molecule has 4 nitrogen and oxygen atoms in total. The van der Waals surface area contributed by atoms with Gasteiger partial charge in [-0.2, -0.15) is 5.26 Å². The Morgan fingerprint density at radius 1 is 1.14 bits per heavy atom. The highest BCUT2D eigenvalue weighted by Gasteiger charge is 2.23. The maximum absolute atomic E-state index is 13.1. The number of ketones is 1. The second-order valence-corrected chi connectivity index (χ2v) is 7.95. The third kappa shape index (κ3) is 3.64. The molecule has 5 heteroatoms. The molecule has 28 heavy (non-hydrogen) atoms. The van der Waals surface area contributed by atoms with Crippen molar-refractivity contribution in [2.24, 2.45) is 0 Å². The lowest BCUT2D eigenvalue weighted by Crippen LogP contribution is -2.05. The lowest BCUT2D eigenvalue weighted by Gasteiger charge is -2.08. The lowest BCUT2D eigenvalue weighted by molar-refractivity contribution is 0.104. The fourth-order valence-corrected chi connectivity index (χ4v) is 4.31. The summed E-state index contributed by atoms with van der Waals surface area (Å²) in [5.74, 6) is -0.150. The summed E-state index contributed by atoms with van der Waals surface area (Å²) in [5, 5.41) is 13.5. The summed E-state index contributed by atoms with van der Waals surface area (Å²) >= 11 is 1.23. The van der Waals surface area contributed by atoms with Crippen LogP contribution in [0.15, 0.2) is 36.4 Å². The molecule has 0 radical (unpaired) electrons. The van der Waals surface area contributed by atoms with Gasteiger partial charge in [-0.25, -0.2) is 0 Å². The Kier molecular flexibility index (Phi) is 5.53. The predicted octanol–water partition coefficient (Wildman–Crippen LogP) is 5.66. The van der Waals surface area contributed by atoms with E-state index in [-0.39, 0.29) is 11.5 Å². The molecule has 1 aromatic heterocycles. The minimum atomic E-state index is -0.150. The molecule has 3 N–H and O–H groups in total. The highest BCUT2D eigenvalue weighted by Crippen LogP contribution is 2.38. The number of nitrogens with one attached hydrogen (secondary N) is 1. The first-order valence-corrected chi connectivity index (χ1v) is 9.98. The van der Waals surface area contributed by atoms with Gasteiger partial charge in [0.15, 0.2) is 0 Å². The van der Waals surface area contributed by atoms with E-state index in [9.17, 15) is 10.1 Å². The Labute approximate surface area is 169 Å². The summed E-state index contributed by atoms with van der Waals surface area (Å²) in [7, 11) is 0. The van der Waals surface area contributed by atoms with E-state index in [2.05, 4.69) is 31.3 Å². The van der Waals surface area contributed by atoms with Crippen LogP contribution in [0.4, 0.5) is 16.4 Å². The Morgan fingerprint density at radius 2 is 1.89 bits per heavy atom. The number of nitrogen functional groups attached to an aromatic ring is 1. The molecule has 0 saturated heterocycles. The summed E-state index contributed by atoms with van der Waals surface area (Å²) in [6, 6.07) is 13.9. The van der Waals surface area contributed by atoms with Crippen molar-refractivity contribution in [3.8, 4) is 6.07 Å². The molecule has 0 saturated carbocycles. The number of nitriles is 1. The van der Waals surface area contributed by atoms with E-state index in [0.29, 0.717) is 21.0 Å². The number of aryl methyl sites for hydroxylation is 4. The molecule has 0 amide bonds. The Morgan fingerprint density at radius 3 is 2.54 bits per heavy atom. The second-order valence-electron chi connectivity index (χ2n) is 6.93. The fourth-order valence-electron chi connectivity index (χ4n) is 3.26. The van der Waals surface area contributed by atoms with Gasteiger partial charge in [0.1, 0.15) is 21.5 Å². The van der Waals surface area contributed by atoms with E-state index in [1.54, 1.807) is 0 Å². The van der Waals surface area contributed by atoms with Gasteiger partial charge in [-0.05, 0) is 56.0 Å². The molecule has 0 aliphatic rings. The molecule has 0 aliphatic heterocycles. The van der Waals surface area contributed by atoms with Gasteiger partial charge in [0.05, 0.1) is 5.69 Å². The van der Waals surface area contributed by atoms with Crippen LogP contribution in [-0.2, 0) is 6.42 Å². The predicted molar refractivity (Wildman–Crippen MR) is 117 cm³/mol. The lowest BCUT2D eigenvalue weighted by atomic mass is 10.0. The van der Waals surface area contributed by atoms with Crippen molar-refractivity contribution >= 4 is 33.5 Å². The zero-order valence-corrected chi connectivity index (χ0v) is 17.3. The number of rotatable bonds is 5. The third-order valence-electron chi connectivity index (χ3n) is 4.88. The van der Waals surface area contributed by atoms with E-state index in [0.717, 1.165) is 23.2 Å². The van der Waals surface area contributed by atoms with E-state index < -0.39 is 0 Å². The van der Waals surface area contributed by atoms with Crippen LogP contribution in [0.5, 0.6) is 0 Å². The van der Waals surface area contributed by atoms with E-state index in [4.69, 9.17) is 5.73 Å². The molecule has 0 atom stereocenters. The van der Waals surface area contributed by atoms with Crippen LogP contribution < -0.4 is 11.1 Å². The van der Waals surface area contributed by atoms with Crippen LogP contribution in [0.3, 0.4) is 0 Å². The molecule has 3 rings (SSSR count). The fraction of sp³-hybridized carbons (Fsp3) is 0.217. The number of carbonyl (C=O) groups excluding carboxylic acids is 1. The van der Waals surface area contributed by atoms with E-state index in [1.165, 1.54) is 22.5 Å². The smallest absolute Gasteiger partial charge is 0.205 e. The molecular formula is C23H23N3OS. The number of carbonyl (C=O) groups is 1. The molecule has 0 aliphatic carbocycles. The van der Waals surface area contributed by atoms with Crippen LogP contribution in [0.2, 0.25) is 0 Å². The molecule has 2 aromatic carbocycles. The molecule has 142 valence electrons. The minimum Gasteiger partial charge on any atom is -0.396 e. The number of nitrogens with zero attached hydrogens (tertiary/aromatic N) is 1. The first-order chi connectivity index (χ1) is 13.3. The first kappa shape index (κ1) is 19.7. The number of nitrogens with two attached hydrogens (primary N) is 1. The number of thiophene rings is 1. The largest absolute Gasteiger partial charge is 0.396 e. The molecule has 0 fully saturated rings. The van der Waals surface area contributed by atoms with Crippen LogP contribution in [0.25, 0.3) is 0 Å². The summed E-state index contributed by atoms with van der Waals surface area (Å²) in [6.45, 7) is 8.08. The highest BCUT2D eigenvalue weighted by molar-refractivity contribution is 7.19. The topological polar surface area (TPSA) is 78.9 Å². The quantitative estimate of drug-likeness (QED) is 0.552. The zero-order chi connectivity index (χ0) is 20.4. The number of benzene rings is 2. The second kappa shape index (κ2) is 7.87. The van der Waals surface area contributed by atoms with Gasteiger partial charge < -0.3 is 11.1 Å². The summed E-state index contributed by atoms with van der Waals surface area (Å²) < 4.78 is 0. The van der Waals surface area contributed by atoms with Gasteiger partial charge in [0.25, 0.3) is 0 Å². The number of hydrogen-bond acceptors (Lipinski definition) is 5. The molecule has 0 spiro atoms. The van der Waals surface area contributed by atoms with Crippen molar-refractivity contribution in [3.05, 3.63) is 74.7 Å². The minimum absolute atomic E-state index is 0.150. The van der Waals surface area contributed by atoms with Crippen LogP contribution in [0, 0.1) is 32.1 Å². The Balaban J connectivity index is 2.01. The van der Waals surface area contributed by atoms with Gasteiger partial charge in [-0.3, -0.25) is 4.79 Å². The van der Waals surface area contributed by atoms with Crippen LogP contribution in [0.1, 0.15) is 50.0 Å². The normalized spacial score (nSPS) is 10.5. The molecule has 3 aromatic rings. The third-order valence-corrected chi connectivity index (χ3v) is 6.00. The van der Waals surface area contributed by atoms with Gasteiger partial charge in [-0.1, -0.05) is 36.8 Å². The van der Waals surface area contributed by atoms with Crippen molar-refractivity contribution in [1.82, 2.24) is 0 Å². The highest BCUT2D eigenvalue weighted by atomic mass is 32.1. The molecule has 1 heterocycles. The SMILES string of the molecule is CCc1cc(Nc2sc(C(=O)c3ccc(C)cc3C)c(N)c2C#N)ccc1C. The van der Waals surface area contributed by atoms with E-state index >= 15 is 0 Å². The Bertz CT molecular complexity index is 1110. The van der Waals surface area contributed by atoms with Crippen molar-refractivity contribution in [2.45, 2.75) is 34.1 Å². The summed E-state index contributed by atoms with van der Waals surface area (Å²) in [6.07, 6.45) is 0.926. The first-order valence-electron chi connectivity index (χ1n) is 9.16. The molecule has 0 bridgehead atoms. The number of anilines is 3. The zero-order valence-electron chi connectivity index (χ0n) is 16.5. The van der Waals surface area contributed by atoms with Gasteiger partial charge in [0.2, 0.25) is 5.78 Å². The molecule has 0 unspecified atom stereocenters. The van der Waals surface area contributed by atoms with E-state index in [1.807, 2.05) is 44.2 Å². The van der Waals surface area contributed by atoms with Gasteiger partial charge >= 0.3 is 0 Å². The Hall–Kier alpha value is -3.10. The summed E-state index contributed by atoms with van der Waals surface area (Å²) in [4.78, 5) is 13.5. The van der Waals surface area contributed by atoms with Gasteiger partial charge in [0, 0.05) is 11.3 Å². The van der Waals surface area contributed by atoms with Crippen molar-refractivity contribution in [3.63, 3.8) is 0 Å². The maximum atomic E-state index is 13.1. The van der Waals surface area contributed by atoms with Crippen molar-refractivity contribution in [2.75, 3.05) is 11.1 Å². The maximum Gasteiger partial charge on any atom is 0.205 e. The summed E-state index contributed by atoms with van der Waals surface area (Å²) in [5.41, 5.74) is 12.7. The van der Waals surface area contributed by atoms with Gasteiger partial charge in [-0.15, -0.1) is 11.3 Å². The monoisotopic (exact) mass is 389 g/mol. The van der Waals surface area contributed by atoms with Crippen molar-refractivity contribution < 1.29 is 4.79 Å².